The van der Waals surface area contributed by atoms with E-state index in [0.29, 0.717) is 11.3 Å². The highest BCUT2D eigenvalue weighted by atomic mass is 16.5. The second-order valence-electron chi connectivity index (χ2n) is 5.55. The lowest BCUT2D eigenvalue weighted by Gasteiger charge is -2.19. The fraction of sp³-hybridized carbons (Fsp3) is 0.438. The Bertz CT molecular complexity index is 569. The number of methoxy groups -OCH3 is 1. The summed E-state index contributed by atoms with van der Waals surface area (Å²) < 4.78 is 4.63. The first-order valence-corrected chi connectivity index (χ1v) is 7.19. The molecule has 21 heavy (non-hydrogen) atoms. The fourth-order valence-corrected chi connectivity index (χ4v) is 3.28. The Morgan fingerprint density at radius 1 is 1.05 bits per heavy atom. The topological polar surface area (TPSA) is 63.7 Å². The van der Waals surface area contributed by atoms with Crippen molar-refractivity contribution in [3.8, 4) is 0 Å². The van der Waals surface area contributed by atoms with Gasteiger partial charge >= 0.3 is 5.97 Å². The number of nitrogens with zero attached hydrogens (tertiary/aromatic N) is 1. The van der Waals surface area contributed by atoms with Crippen molar-refractivity contribution in [3.63, 3.8) is 0 Å². The molecule has 2 amide bonds. The highest BCUT2D eigenvalue weighted by Gasteiger charge is 2.48. The van der Waals surface area contributed by atoms with Crippen molar-refractivity contribution in [2.24, 2.45) is 11.8 Å². The third-order valence-electron chi connectivity index (χ3n) is 4.39. The van der Waals surface area contributed by atoms with Crippen LogP contribution >= 0.6 is 0 Å². The molecule has 2 aliphatic rings. The van der Waals surface area contributed by atoms with Gasteiger partial charge in [-0.2, -0.15) is 0 Å². The molecule has 1 heterocycles. The molecule has 0 unspecified atom stereocenters. The monoisotopic (exact) mass is 287 g/mol. The Kier molecular flexibility index (Phi) is 3.49. The maximum absolute atomic E-state index is 12.4. The van der Waals surface area contributed by atoms with Gasteiger partial charge in [0, 0.05) is 0 Å². The standard InChI is InChI=1S/C16H17NO4/c1-21-16(20)10-6-8-11(9-7-10)17-14(18)12-4-2-3-5-13(12)15(17)19/h6-9,12-13H,2-5H2,1H3/t12-,13-/m1/s1. The van der Waals surface area contributed by atoms with E-state index >= 15 is 0 Å². The van der Waals surface area contributed by atoms with Crippen LogP contribution in [0.5, 0.6) is 0 Å². The third kappa shape index (κ3) is 2.22. The lowest BCUT2D eigenvalue weighted by Crippen LogP contribution is -2.30. The van der Waals surface area contributed by atoms with Crippen molar-refractivity contribution < 1.29 is 19.1 Å². The number of hydrogen-bond acceptors (Lipinski definition) is 4. The van der Waals surface area contributed by atoms with Gasteiger partial charge < -0.3 is 4.74 Å². The second kappa shape index (κ2) is 5.31. The van der Waals surface area contributed by atoms with E-state index in [9.17, 15) is 14.4 Å². The van der Waals surface area contributed by atoms with E-state index in [0.717, 1.165) is 25.7 Å². The summed E-state index contributed by atoms with van der Waals surface area (Å²) in [7, 11) is 1.31. The van der Waals surface area contributed by atoms with Gasteiger partial charge in [0.15, 0.2) is 0 Å². The maximum atomic E-state index is 12.4. The van der Waals surface area contributed by atoms with E-state index in [4.69, 9.17) is 0 Å². The molecule has 1 aromatic carbocycles. The Balaban J connectivity index is 1.88. The quantitative estimate of drug-likeness (QED) is 0.617. The summed E-state index contributed by atoms with van der Waals surface area (Å²) in [6.07, 6.45) is 3.61. The van der Waals surface area contributed by atoms with Gasteiger partial charge in [-0.25, -0.2) is 4.79 Å². The van der Waals surface area contributed by atoms with Crippen LogP contribution in [0.2, 0.25) is 0 Å². The predicted octanol–water partition coefficient (Wildman–Crippen LogP) is 2.15. The van der Waals surface area contributed by atoms with E-state index in [-0.39, 0.29) is 23.7 Å². The maximum Gasteiger partial charge on any atom is 0.337 e. The van der Waals surface area contributed by atoms with Crippen LogP contribution in [-0.2, 0) is 14.3 Å². The molecule has 0 bridgehead atoms. The highest BCUT2D eigenvalue weighted by Crippen LogP contribution is 2.39. The molecule has 110 valence electrons. The van der Waals surface area contributed by atoms with Crippen LogP contribution in [0.4, 0.5) is 5.69 Å². The molecular formula is C16H17NO4. The minimum Gasteiger partial charge on any atom is -0.465 e. The molecule has 1 aromatic rings. The molecule has 2 fully saturated rings. The minimum atomic E-state index is -0.436. The number of esters is 1. The van der Waals surface area contributed by atoms with E-state index in [1.807, 2.05) is 0 Å². The number of carbonyl (C=O) groups is 3. The van der Waals surface area contributed by atoms with Gasteiger partial charge in [-0.15, -0.1) is 0 Å². The molecule has 0 N–H and O–H groups in total. The molecule has 0 aromatic heterocycles. The van der Waals surface area contributed by atoms with Crippen LogP contribution in [0, 0.1) is 11.8 Å². The molecule has 0 radical (unpaired) electrons. The molecular weight excluding hydrogens is 270 g/mol. The molecule has 1 saturated heterocycles. The van der Waals surface area contributed by atoms with Crippen LogP contribution in [-0.4, -0.2) is 24.9 Å². The van der Waals surface area contributed by atoms with Gasteiger partial charge in [0.2, 0.25) is 11.8 Å². The van der Waals surface area contributed by atoms with E-state index in [1.165, 1.54) is 12.0 Å². The first-order valence-electron chi connectivity index (χ1n) is 7.19. The summed E-state index contributed by atoms with van der Waals surface area (Å²) in [6, 6.07) is 6.40. The van der Waals surface area contributed by atoms with Gasteiger partial charge in [0.1, 0.15) is 0 Å². The van der Waals surface area contributed by atoms with Crippen molar-refractivity contribution in [3.05, 3.63) is 29.8 Å². The Morgan fingerprint density at radius 2 is 1.57 bits per heavy atom. The second-order valence-corrected chi connectivity index (χ2v) is 5.55. The van der Waals surface area contributed by atoms with Crippen LogP contribution in [0.15, 0.2) is 24.3 Å². The van der Waals surface area contributed by atoms with Gasteiger partial charge in [0.05, 0.1) is 30.2 Å². The van der Waals surface area contributed by atoms with Crippen molar-refractivity contribution >= 4 is 23.5 Å². The molecule has 2 atom stereocenters. The highest BCUT2D eigenvalue weighted by molar-refractivity contribution is 6.22. The van der Waals surface area contributed by atoms with Gasteiger partial charge in [-0.3, -0.25) is 14.5 Å². The zero-order valence-corrected chi connectivity index (χ0v) is 11.9. The van der Waals surface area contributed by atoms with E-state index in [2.05, 4.69) is 4.74 Å². The Labute approximate surface area is 122 Å². The third-order valence-corrected chi connectivity index (χ3v) is 4.39. The fourth-order valence-electron chi connectivity index (χ4n) is 3.28. The van der Waals surface area contributed by atoms with Crippen LogP contribution < -0.4 is 4.90 Å². The van der Waals surface area contributed by atoms with Crippen LogP contribution in [0.1, 0.15) is 36.0 Å². The number of rotatable bonds is 2. The number of fused-ring (bicyclic) bond motifs is 1. The number of imide groups is 1. The zero-order valence-electron chi connectivity index (χ0n) is 11.9. The van der Waals surface area contributed by atoms with Crippen molar-refractivity contribution in [1.82, 2.24) is 0 Å². The largest absolute Gasteiger partial charge is 0.465 e. The molecule has 0 spiro atoms. The number of hydrogen-bond donors (Lipinski definition) is 0. The van der Waals surface area contributed by atoms with Crippen LogP contribution in [0.25, 0.3) is 0 Å². The van der Waals surface area contributed by atoms with Gasteiger partial charge in [0.25, 0.3) is 0 Å². The summed E-state index contributed by atoms with van der Waals surface area (Å²) in [5.41, 5.74) is 0.935. The van der Waals surface area contributed by atoms with Crippen molar-refractivity contribution in [1.29, 1.82) is 0 Å². The first kappa shape index (κ1) is 13.8. The number of ether oxygens (including phenoxy) is 1. The molecule has 5 heteroatoms. The van der Waals surface area contributed by atoms with Crippen molar-refractivity contribution in [2.45, 2.75) is 25.7 Å². The zero-order chi connectivity index (χ0) is 15.0. The van der Waals surface area contributed by atoms with E-state index < -0.39 is 5.97 Å². The summed E-state index contributed by atoms with van der Waals surface area (Å²) in [6.45, 7) is 0. The normalized spacial score (nSPS) is 24.9. The number of amides is 2. The Hall–Kier alpha value is -2.17. The number of carbonyl (C=O) groups excluding carboxylic acids is 3. The first-order chi connectivity index (χ1) is 10.1. The van der Waals surface area contributed by atoms with Crippen LogP contribution in [0.3, 0.4) is 0 Å². The summed E-state index contributed by atoms with van der Waals surface area (Å²) in [5, 5.41) is 0. The minimum absolute atomic E-state index is 0.101. The predicted molar refractivity (Wildman–Crippen MR) is 75.7 cm³/mol. The molecule has 1 aliphatic carbocycles. The van der Waals surface area contributed by atoms with Gasteiger partial charge in [-0.1, -0.05) is 12.8 Å². The van der Waals surface area contributed by atoms with Crippen molar-refractivity contribution in [2.75, 3.05) is 12.0 Å². The lowest BCUT2D eigenvalue weighted by molar-refractivity contribution is -0.122. The Morgan fingerprint density at radius 3 is 2.05 bits per heavy atom. The average Bonchev–Trinajstić information content (AvgIpc) is 2.79. The average molecular weight is 287 g/mol. The molecule has 1 aliphatic heterocycles. The number of benzene rings is 1. The molecule has 5 nitrogen and oxygen atoms in total. The SMILES string of the molecule is COC(=O)c1ccc(N2C(=O)[C@@H]3CCCC[C@H]3C2=O)cc1. The summed E-state index contributed by atoms with van der Waals surface area (Å²) in [5.74, 6) is -0.960. The summed E-state index contributed by atoms with van der Waals surface area (Å²) in [4.78, 5) is 37.6. The molecule has 1 saturated carbocycles. The van der Waals surface area contributed by atoms with E-state index in [1.54, 1.807) is 24.3 Å². The lowest BCUT2D eigenvalue weighted by atomic mass is 9.81. The molecule has 3 rings (SSSR count). The number of anilines is 1. The van der Waals surface area contributed by atoms with Gasteiger partial charge in [-0.05, 0) is 37.1 Å². The smallest absolute Gasteiger partial charge is 0.337 e. The summed E-state index contributed by atoms with van der Waals surface area (Å²) >= 11 is 0.